The van der Waals surface area contributed by atoms with Crippen LogP contribution in [0.15, 0.2) is 42.5 Å². The van der Waals surface area contributed by atoms with E-state index in [4.69, 9.17) is 4.74 Å². The van der Waals surface area contributed by atoms with Gasteiger partial charge in [-0.1, -0.05) is 37.3 Å². The van der Waals surface area contributed by atoms with Gasteiger partial charge in [-0.05, 0) is 50.8 Å². The average molecular weight is 430 g/mol. The SMILES string of the molecule is CCC(C(=O)N[C@@H]1Cc2ccccc2C1NC(=O)OC(C)(C)C)c1ccc(F)cc1F. The Labute approximate surface area is 181 Å². The molecule has 1 aliphatic rings. The minimum Gasteiger partial charge on any atom is -0.444 e. The van der Waals surface area contributed by atoms with E-state index in [1.54, 1.807) is 27.7 Å². The molecule has 2 aromatic carbocycles. The van der Waals surface area contributed by atoms with E-state index in [0.29, 0.717) is 12.8 Å². The van der Waals surface area contributed by atoms with Gasteiger partial charge in [0.1, 0.15) is 17.2 Å². The maximum Gasteiger partial charge on any atom is 0.408 e. The molecule has 3 rings (SSSR count). The summed E-state index contributed by atoms with van der Waals surface area (Å²) in [5.74, 6) is -2.59. The molecule has 166 valence electrons. The zero-order valence-electron chi connectivity index (χ0n) is 18.2. The highest BCUT2D eigenvalue weighted by Gasteiger charge is 2.36. The molecule has 1 aliphatic carbocycles. The first-order valence-corrected chi connectivity index (χ1v) is 10.4. The molecule has 3 atom stereocenters. The van der Waals surface area contributed by atoms with E-state index in [1.165, 1.54) is 6.07 Å². The van der Waals surface area contributed by atoms with Gasteiger partial charge in [0, 0.05) is 11.6 Å². The van der Waals surface area contributed by atoms with Crippen molar-refractivity contribution in [2.75, 3.05) is 0 Å². The van der Waals surface area contributed by atoms with Crippen molar-refractivity contribution in [3.63, 3.8) is 0 Å². The van der Waals surface area contributed by atoms with Crippen LogP contribution >= 0.6 is 0 Å². The number of hydrogen-bond donors (Lipinski definition) is 2. The molecule has 2 aromatic rings. The number of hydrogen-bond acceptors (Lipinski definition) is 3. The number of alkyl carbamates (subject to hydrolysis) is 1. The number of fused-ring (bicyclic) bond motifs is 1. The van der Waals surface area contributed by atoms with Crippen molar-refractivity contribution in [3.05, 3.63) is 70.8 Å². The van der Waals surface area contributed by atoms with Gasteiger partial charge in [-0.2, -0.15) is 0 Å². The average Bonchev–Trinajstić information content (AvgIpc) is 2.99. The lowest BCUT2D eigenvalue weighted by molar-refractivity contribution is -0.123. The van der Waals surface area contributed by atoms with Crippen molar-refractivity contribution in [1.29, 1.82) is 0 Å². The van der Waals surface area contributed by atoms with E-state index >= 15 is 0 Å². The third kappa shape index (κ3) is 5.40. The summed E-state index contributed by atoms with van der Waals surface area (Å²) >= 11 is 0. The number of nitrogens with one attached hydrogen (secondary N) is 2. The van der Waals surface area contributed by atoms with Gasteiger partial charge in [-0.25, -0.2) is 13.6 Å². The fourth-order valence-electron chi connectivity index (χ4n) is 3.96. The second-order valence-corrected chi connectivity index (χ2v) is 8.77. The number of benzene rings is 2. The van der Waals surface area contributed by atoms with E-state index < -0.39 is 41.3 Å². The molecule has 0 fully saturated rings. The Hall–Kier alpha value is -2.96. The van der Waals surface area contributed by atoms with Gasteiger partial charge in [0.25, 0.3) is 0 Å². The maximum absolute atomic E-state index is 14.3. The predicted molar refractivity (Wildman–Crippen MR) is 114 cm³/mol. The molecule has 0 heterocycles. The van der Waals surface area contributed by atoms with E-state index in [1.807, 2.05) is 24.3 Å². The first kappa shape index (κ1) is 22.7. The van der Waals surface area contributed by atoms with Crippen LogP contribution in [0, 0.1) is 11.6 Å². The van der Waals surface area contributed by atoms with E-state index in [-0.39, 0.29) is 11.5 Å². The molecule has 7 heteroatoms. The second-order valence-electron chi connectivity index (χ2n) is 8.77. The number of amides is 2. The van der Waals surface area contributed by atoms with Gasteiger partial charge in [0.05, 0.1) is 18.0 Å². The van der Waals surface area contributed by atoms with Crippen molar-refractivity contribution >= 4 is 12.0 Å². The Morgan fingerprint density at radius 2 is 1.84 bits per heavy atom. The minimum atomic E-state index is -0.772. The summed E-state index contributed by atoms with van der Waals surface area (Å²) in [6.07, 6.45) is 0.285. The molecular weight excluding hydrogens is 402 g/mol. The van der Waals surface area contributed by atoms with Crippen LogP contribution in [0.3, 0.4) is 0 Å². The summed E-state index contributed by atoms with van der Waals surface area (Å²) in [5, 5.41) is 5.83. The molecule has 2 unspecified atom stereocenters. The topological polar surface area (TPSA) is 67.4 Å². The van der Waals surface area contributed by atoms with Gasteiger partial charge >= 0.3 is 6.09 Å². The molecule has 0 saturated carbocycles. The monoisotopic (exact) mass is 430 g/mol. The summed E-state index contributed by atoms with van der Waals surface area (Å²) in [7, 11) is 0. The number of rotatable bonds is 5. The van der Waals surface area contributed by atoms with E-state index in [0.717, 1.165) is 23.3 Å². The van der Waals surface area contributed by atoms with E-state index in [9.17, 15) is 18.4 Å². The van der Waals surface area contributed by atoms with Crippen LogP contribution in [0.5, 0.6) is 0 Å². The van der Waals surface area contributed by atoms with Gasteiger partial charge in [0.15, 0.2) is 0 Å². The third-order valence-corrected chi connectivity index (χ3v) is 5.29. The third-order valence-electron chi connectivity index (χ3n) is 5.29. The zero-order valence-corrected chi connectivity index (χ0v) is 18.2. The number of carbonyl (C=O) groups is 2. The Kier molecular flexibility index (Phi) is 6.62. The number of ether oxygens (including phenoxy) is 1. The largest absolute Gasteiger partial charge is 0.444 e. The van der Waals surface area contributed by atoms with Crippen LogP contribution in [0.2, 0.25) is 0 Å². The van der Waals surface area contributed by atoms with E-state index in [2.05, 4.69) is 10.6 Å². The lowest BCUT2D eigenvalue weighted by Crippen LogP contribution is -2.46. The normalized spacial score (nSPS) is 18.8. The fraction of sp³-hybridized carbons (Fsp3) is 0.417. The fourth-order valence-corrected chi connectivity index (χ4v) is 3.96. The summed E-state index contributed by atoms with van der Waals surface area (Å²) in [5.41, 5.74) is 1.40. The molecule has 2 N–H and O–H groups in total. The van der Waals surface area contributed by atoms with Gasteiger partial charge in [-0.15, -0.1) is 0 Å². The van der Waals surface area contributed by atoms with Crippen molar-refractivity contribution in [2.45, 2.75) is 64.1 Å². The van der Waals surface area contributed by atoms with Crippen molar-refractivity contribution < 1.29 is 23.1 Å². The molecular formula is C24H28F2N2O3. The molecule has 0 aliphatic heterocycles. The predicted octanol–water partition coefficient (Wildman–Crippen LogP) is 4.77. The van der Waals surface area contributed by atoms with Crippen molar-refractivity contribution in [3.8, 4) is 0 Å². The standard InChI is InChI=1S/C24H28F2N2O3/c1-5-16(18-11-10-15(25)13-19(18)26)22(29)27-20-12-14-8-6-7-9-17(14)21(20)28-23(30)31-24(2,3)4/h6-11,13,16,20-21H,5,12H2,1-4H3,(H,27,29)(H,28,30)/t16?,20-,21?/m1/s1. The van der Waals surface area contributed by atoms with Gasteiger partial charge < -0.3 is 15.4 Å². The molecule has 31 heavy (non-hydrogen) atoms. The maximum atomic E-state index is 14.3. The highest BCUT2D eigenvalue weighted by molar-refractivity contribution is 5.84. The Balaban J connectivity index is 1.81. The summed E-state index contributed by atoms with van der Waals surface area (Å²) in [4.78, 5) is 25.5. The summed E-state index contributed by atoms with van der Waals surface area (Å²) in [6, 6.07) is 9.95. The molecule has 0 spiro atoms. The second kappa shape index (κ2) is 9.04. The van der Waals surface area contributed by atoms with Crippen LogP contribution in [-0.2, 0) is 16.0 Å². The molecule has 0 bridgehead atoms. The van der Waals surface area contributed by atoms with Crippen molar-refractivity contribution in [1.82, 2.24) is 10.6 Å². The van der Waals surface area contributed by atoms with Crippen LogP contribution in [0.4, 0.5) is 13.6 Å². The van der Waals surface area contributed by atoms with Gasteiger partial charge in [-0.3, -0.25) is 4.79 Å². The minimum absolute atomic E-state index is 0.147. The zero-order chi connectivity index (χ0) is 22.8. The first-order valence-electron chi connectivity index (χ1n) is 10.4. The first-order chi connectivity index (χ1) is 14.6. The van der Waals surface area contributed by atoms with Crippen LogP contribution in [-0.4, -0.2) is 23.6 Å². The quantitative estimate of drug-likeness (QED) is 0.718. The highest BCUT2D eigenvalue weighted by atomic mass is 19.1. The number of halogens is 2. The lowest BCUT2D eigenvalue weighted by atomic mass is 9.94. The lowest BCUT2D eigenvalue weighted by Gasteiger charge is -2.27. The molecule has 0 aromatic heterocycles. The summed E-state index contributed by atoms with van der Waals surface area (Å²) < 4.78 is 33.0. The molecule has 0 saturated heterocycles. The smallest absolute Gasteiger partial charge is 0.408 e. The number of carbonyl (C=O) groups excluding carboxylic acids is 2. The van der Waals surface area contributed by atoms with Crippen LogP contribution < -0.4 is 10.6 Å². The van der Waals surface area contributed by atoms with Crippen LogP contribution in [0.1, 0.15) is 62.8 Å². The molecule has 0 radical (unpaired) electrons. The summed E-state index contributed by atoms with van der Waals surface area (Å²) in [6.45, 7) is 7.10. The molecule has 2 amide bonds. The Morgan fingerprint density at radius 1 is 1.13 bits per heavy atom. The highest BCUT2D eigenvalue weighted by Crippen LogP contribution is 2.33. The molecule has 5 nitrogen and oxygen atoms in total. The van der Waals surface area contributed by atoms with Gasteiger partial charge in [0.2, 0.25) is 5.91 Å². The Bertz CT molecular complexity index is 972. The van der Waals surface area contributed by atoms with Crippen LogP contribution in [0.25, 0.3) is 0 Å². The van der Waals surface area contributed by atoms with Crippen molar-refractivity contribution in [2.24, 2.45) is 0 Å². The Morgan fingerprint density at radius 3 is 2.48 bits per heavy atom.